The van der Waals surface area contributed by atoms with Gasteiger partial charge in [-0.05, 0) is 42.8 Å². The lowest BCUT2D eigenvalue weighted by Gasteiger charge is -2.10. The third kappa shape index (κ3) is 4.70. The van der Waals surface area contributed by atoms with E-state index in [0.717, 1.165) is 6.07 Å². The smallest absolute Gasteiger partial charge is 0.267 e. The van der Waals surface area contributed by atoms with E-state index in [0.29, 0.717) is 10.6 Å². The molecule has 4 N–H and O–H groups in total. The molecule has 0 spiro atoms. The Balaban J connectivity index is 2.15. The number of amides is 2. The molecule has 2 rings (SSSR count). The summed E-state index contributed by atoms with van der Waals surface area (Å²) in [5.41, 5.74) is 4.82. The predicted molar refractivity (Wildman–Crippen MR) is 93.9 cm³/mol. The zero-order valence-electron chi connectivity index (χ0n) is 12.8. The molecule has 132 valence electrons. The van der Waals surface area contributed by atoms with Gasteiger partial charge in [-0.15, -0.1) is 0 Å². The highest BCUT2D eigenvalue weighted by molar-refractivity contribution is 7.89. The summed E-state index contributed by atoms with van der Waals surface area (Å²) in [5.74, 6) is -1.41. The Morgan fingerprint density at radius 1 is 1.00 bits per heavy atom. The van der Waals surface area contributed by atoms with Gasteiger partial charge >= 0.3 is 0 Å². The van der Waals surface area contributed by atoms with Gasteiger partial charge in [-0.2, -0.15) is 0 Å². The van der Waals surface area contributed by atoms with E-state index in [1.165, 1.54) is 30.3 Å². The fraction of sp³-hybridized carbons (Fsp3) is 0.0667. The van der Waals surface area contributed by atoms with Gasteiger partial charge in [0.2, 0.25) is 10.0 Å². The summed E-state index contributed by atoms with van der Waals surface area (Å²) in [4.78, 5) is 24.0. The van der Waals surface area contributed by atoms with Crippen LogP contribution in [-0.2, 0) is 10.0 Å². The van der Waals surface area contributed by atoms with Crippen LogP contribution in [0.25, 0.3) is 0 Å². The van der Waals surface area contributed by atoms with Crippen LogP contribution < -0.4 is 16.0 Å². The molecule has 0 aliphatic heterocycles. The van der Waals surface area contributed by atoms with Crippen LogP contribution in [0.1, 0.15) is 26.3 Å². The van der Waals surface area contributed by atoms with Crippen molar-refractivity contribution >= 4 is 45.0 Å². The zero-order valence-corrected chi connectivity index (χ0v) is 15.2. The van der Waals surface area contributed by atoms with Crippen LogP contribution in [0, 0.1) is 6.92 Å². The fourth-order valence-electron chi connectivity index (χ4n) is 1.97. The van der Waals surface area contributed by atoms with Crippen molar-refractivity contribution in [3.05, 3.63) is 63.1 Å². The zero-order chi connectivity index (χ0) is 18.8. The number of sulfonamides is 1. The Kier molecular flexibility index (Phi) is 5.69. The molecule has 2 amide bonds. The Hall–Kier alpha value is -2.13. The molecular formula is C15H13Cl2N3O4S. The lowest BCUT2D eigenvalue weighted by molar-refractivity contribution is 0.0846. The van der Waals surface area contributed by atoms with Crippen LogP contribution in [0.4, 0.5) is 0 Å². The molecule has 25 heavy (non-hydrogen) atoms. The number of halogens is 2. The average molecular weight is 402 g/mol. The molecule has 0 saturated carbocycles. The number of carbonyl (C=O) groups excluding carboxylic acids is 2. The Labute approximate surface area is 154 Å². The van der Waals surface area contributed by atoms with Gasteiger partial charge in [-0.25, -0.2) is 13.6 Å². The van der Waals surface area contributed by atoms with Crippen LogP contribution in [-0.4, -0.2) is 20.2 Å². The first-order chi connectivity index (χ1) is 11.6. The van der Waals surface area contributed by atoms with Crippen LogP contribution in [0.3, 0.4) is 0 Å². The van der Waals surface area contributed by atoms with Crippen LogP contribution in [0.15, 0.2) is 41.3 Å². The standard InChI is InChI=1S/C15H13Cl2N3O4S/c1-8-2-3-9(6-13(8)25(18,23)24)14(21)19-20-15(22)11-7-10(16)4-5-12(11)17/h2-7H,1H3,(H,19,21)(H,20,22)(H2,18,23,24). The van der Waals surface area contributed by atoms with Gasteiger partial charge in [0.25, 0.3) is 11.8 Å². The van der Waals surface area contributed by atoms with Gasteiger partial charge in [0.15, 0.2) is 0 Å². The molecule has 0 bridgehead atoms. The van der Waals surface area contributed by atoms with Gasteiger partial charge in [0.1, 0.15) is 0 Å². The highest BCUT2D eigenvalue weighted by Gasteiger charge is 2.16. The number of nitrogens with two attached hydrogens (primary N) is 1. The molecule has 2 aromatic rings. The largest absolute Gasteiger partial charge is 0.271 e. The molecule has 7 nitrogen and oxygen atoms in total. The number of carbonyl (C=O) groups is 2. The van der Waals surface area contributed by atoms with E-state index in [9.17, 15) is 18.0 Å². The van der Waals surface area contributed by atoms with E-state index in [4.69, 9.17) is 28.3 Å². The molecule has 0 unspecified atom stereocenters. The van der Waals surface area contributed by atoms with Gasteiger partial charge in [-0.3, -0.25) is 20.4 Å². The quantitative estimate of drug-likeness (QED) is 0.681. The first kappa shape index (κ1) is 19.2. The van der Waals surface area contributed by atoms with Crippen molar-refractivity contribution in [2.45, 2.75) is 11.8 Å². The minimum Gasteiger partial charge on any atom is -0.267 e. The van der Waals surface area contributed by atoms with Crippen molar-refractivity contribution in [2.24, 2.45) is 5.14 Å². The van der Waals surface area contributed by atoms with Crippen LogP contribution in [0.2, 0.25) is 10.0 Å². The second-order valence-corrected chi connectivity index (χ2v) is 7.43. The predicted octanol–water partition coefficient (Wildman–Crippen LogP) is 2.02. The third-order valence-corrected chi connectivity index (χ3v) is 4.84. The number of hydrogen-bond acceptors (Lipinski definition) is 4. The molecule has 0 heterocycles. The molecule has 0 radical (unpaired) electrons. The lowest BCUT2D eigenvalue weighted by Crippen LogP contribution is -2.41. The third-order valence-electron chi connectivity index (χ3n) is 3.22. The minimum absolute atomic E-state index is 0.00659. The number of nitrogens with one attached hydrogen (secondary N) is 2. The Morgan fingerprint density at radius 3 is 2.28 bits per heavy atom. The Bertz CT molecular complexity index is 961. The first-order valence-corrected chi connectivity index (χ1v) is 9.09. The molecule has 0 atom stereocenters. The van der Waals surface area contributed by atoms with Crippen LogP contribution >= 0.6 is 23.2 Å². The van der Waals surface area contributed by atoms with E-state index in [-0.39, 0.29) is 21.0 Å². The van der Waals surface area contributed by atoms with Crippen molar-refractivity contribution in [3.8, 4) is 0 Å². The van der Waals surface area contributed by atoms with Crippen LogP contribution in [0.5, 0.6) is 0 Å². The summed E-state index contributed by atoms with van der Waals surface area (Å²) in [6.45, 7) is 1.55. The van der Waals surface area contributed by atoms with Crippen molar-refractivity contribution in [2.75, 3.05) is 0 Å². The molecule has 0 aliphatic rings. The first-order valence-electron chi connectivity index (χ1n) is 6.79. The fourth-order valence-corrected chi connectivity index (χ4v) is 3.16. The molecule has 0 aliphatic carbocycles. The summed E-state index contributed by atoms with van der Waals surface area (Å²) in [6, 6.07) is 8.26. The van der Waals surface area contributed by atoms with E-state index in [1.807, 2.05) is 0 Å². The summed E-state index contributed by atoms with van der Waals surface area (Å²) in [6.07, 6.45) is 0. The normalized spacial score (nSPS) is 11.0. The monoisotopic (exact) mass is 401 g/mol. The number of aryl methyl sites for hydroxylation is 1. The average Bonchev–Trinajstić information content (AvgIpc) is 2.53. The van der Waals surface area contributed by atoms with E-state index < -0.39 is 21.8 Å². The van der Waals surface area contributed by atoms with Gasteiger partial charge in [-0.1, -0.05) is 29.3 Å². The highest BCUT2D eigenvalue weighted by Crippen LogP contribution is 2.20. The summed E-state index contributed by atoms with van der Waals surface area (Å²) in [7, 11) is -3.97. The molecule has 0 aromatic heterocycles. The SMILES string of the molecule is Cc1ccc(C(=O)NNC(=O)c2cc(Cl)ccc2Cl)cc1S(N)(=O)=O. The maximum Gasteiger partial charge on any atom is 0.271 e. The molecule has 0 fully saturated rings. The van der Waals surface area contributed by atoms with Gasteiger partial charge in [0.05, 0.1) is 15.5 Å². The topological polar surface area (TPSA) is 118 Å². The maximum absolute atomic E-state index is 12.1. The van der Waals surface area contributed by atoms with Gasteiger partial charge in [0, 0.05) is 10.6 Å². The molecular weight excluding hydrogens is 389 g/mol. The van der Waals surface area contributed by atoms with E-state index in [1.54, 1.807) is 6.92 Å². The minimum atomic E-state index is -3.97. The number of hydrazine groups is 1. The highest BCUT2D eigenvalue weighted by atomic mass is 35.5. The second kappa shape index (κ2) is 7.40. The summed E-state index contributed by atoms with van der Waals surface area (Å²) < 4.78 is 23.0. The Morgan fingerprint density at radius 2 is 1.64 bits per heavy atom. The molecule has 0 saturated heterocycles. The van der Waals surface area contributed by atoms with Crippen molar-refractivity contribution in [3.63, 3.8) is 0 Å². The van der Waals surface area contributed by atoms with E-state index in [2.05, 4.69) is 10.9 Å². The van der Waals surface area contributed by atoms with Crippen molar-refractivity contribution < 1.29 is 18.0 Å². The second-order valence-electron chi connectivity index (χ2n) is 5.06. The van der Waals surface area contributed by atoms with E-state index >= 15 is 0 Å². The summed E-state index contributed by atoms with van der Waals surface area (Å²) in [5, 5.41) is 5.56. The summed E-state index contributed by atoms with van der Waals surface area (Å²) >= 11 is 11.7. The molecule has 2 aromatic carbocycles. The number of primary sulfonamides is 1. The lowest BCUT2D eigenvalue weighted by atomic mass is 10.1. The number of hydrogen-bond donors (Lipinski definition) is 3. The van der Waals surface area contributed by atoms with Crippen molar-refractivity contribution in [1.29, 1.82) is 0 Å². The van der Waals surface area contributed by atoms with Crippen molar-refractivity contribution in [1.82, 2.24) is 10.9 Å². The molecule has 10 heteroatoms. The maximum atomic E-state index is 12.1. The number of rotatable bonds is 3. The van der Waals surface area contributed by atoms with Gasteiger partial charge < -0.3 is 0 Å². The number of benzene rings is 2.